The Labute approximate surface area is 111 Å². The van der Waals surface area contributed by atoms with E-state index in [1.807, 2.05) is 0 Å². The standard InChI is InChI=1S/C13H19N3O3/c1-8-3-5-9(6-4-8)15-12(17)10-7-14-16(2)11(10)13(18)19/h7-9H,3-6H2,1-2H3,(H,15,17)(H,18,19). The van der Waals surface area contributed by atoms with Crippen molar-refractivity contribution in [2.45, 2.75) is 38.6 Å². The summed E-state index contributed by atoms with van der Waals surface area (Å²) in [4.78, 5) is 23.2. The number of carbonyl (C=O) groups excluding carboxylic acids is 1. The molecular weight excluding hydrogens is 246 g/mol. The Morgan fingerprint density at radius 2 is 2.00 bits per heavy atom. The molecule has 1 aliphatic rings. The second-order valence-electron chi connectivity index (χ2n) is 5.27. The third kappa shape index (κ3) is 2.94. The summed E-state index contributed by atoms with van der Waals surface area (Å²) in [6.07, 6.45) is 5.42. The van der Waals surface area contributed by atoms with E-state index < -0.39 is 5.97 Å². The molecule has 6 heteroatoms. The fourth-order valence-electron chi connectivity index (χ4n) is 2.52. The number of nitrogens with one attached hydrogen (secondary N) is 1. The van der Waals surface area contributed by atoms with Gasteiger partial charge in [-0.2, -0.15) is 5.10 Å². The quantitative estimate of drug-likeness (QED) is 0.865. The van der Waals surface area contributed by atoms with Crippen molar-refractivity contribution in [1.82, 2.24) is 15.1 Å². The molecule has 6 nitrogen and oxygen atoms in total. The van der Waals surface area contributed by atoms with E-state index in [0.29, 0.717) is 5.92 Å². The van der Waals surface area contributed by atoms with Gasteiger partial charge in [0.2, 0.25) is 0 Å². The van der Waals surface area contributed by atoms with Gasteiger partial charge < -0.3 is 10.4 Å². The fraction of sp³-hybridized carbons (Fsp3) is 0.615. The first kappa shape index (κ1) is 13.6. The Kier molecular flexibility index (Phi) is 3.87. The van der Waals surface area contributed by atoms with Crippen molar-refractivity contribution in [3.8, 4) is 0 Å². The van der Waals surface area contributed by atoms with Gasteiger partial charge >= 0.3 is 5.97 Å². The summed E-state index contributed by atoms with van der Waals surface area (Å²) in [7, 11) is 1.52. The number of carboxylic acid groups (broad SMARTS) is 1. The predicted molar refractivity (Wildman–Crippen MR) is 69.1 cm³/mol. The number of aryl methyl sites for hydroxylation is 1. The Hall–Kier alpha value is -1.85. The Morgan fingerprint density at radius 3 is 2.58 bits per heavy atom. The Morgan fingerprint density at radius 1 is 1.37 bits per heavy atom. The van der Waals surface area contributed by atoms with Crippen molar-refractivity contribution >= 4 is 11.9 Å². The number of aromatic nitrogens is 2. The minimum absolute atomic E-state index is 0.0679. The molecule has 0 radical (unpaired) electrons. The summed E-state index contributed by atoms with van der Waals surface area (Å²) < 4.78 is 1.21. The summed E-state index contributed by atoms with van der Waals surface area (Å²) in [5.74, 6) is -0.770. The van der Waals surface area contributed by atoms with Gasteiger partial charge in [-0.05, 0) is 31.6 Å². The largest absolute Gasteiger partial charge is 0.477 e. The van der Waals surface area contributed by atoms with Crippen molar-refractivity contribution in [2.75, 3.05) is 0 Å². The normalized spacial score (nSPS) is 23.1. The van der Waals surface area contributed by atoms with E-state index in [1.165, 1.54) is 17.9 Å². The molecule has 0 unspecified atom stereocenters. The second kappa shape index (κ2) is 5.42. The SMILES string of the molecule is CC1CCC(NC(=O)c2cnn(C)c2C(=O)O)CC1. The molecule has 1 fully saturated rings. The maximum atomic E-state index is 12.1. The summed E-state index contributed by atoms with van der Waals surface area (Å²) in [5, 5.41) is 15.8. The van der Waals surface area contributed by atoms with Gasteiger partial charge in [-0.25, -0.2) is 4.79 Å². The third-order valence-electron chi connectivity index (χ3n) is 3.74. The van der Waals surface area contributed by atoms with Crippen molar-refractivity contribution in [1.29, 1.82) is 0 Å². The Balaban J connectivity index is 2.06. The molecule has 0 spiro atoms. The molecule has 0 aromatic carbocycles. The van der Waals surface area contributed by atoms with Crippen LogP contribution in [0.5, 0.6) is 0 Å². The average molecular weight is 265 g/mol. The van der Waals surface area contributed by atoms with Gasteiger partial charge in [-0.15, -0.1) is 0 Å². The smallest absolute Gasteiger partial charge is 0.354 e. The van der Waals surface area contributed by atoms with E-state index in [2.05, 4.69) is 17.3 Å². The molecule has 1 aliphatic carbocycles. The molecule has 0 saturated heterocycles. The molecule has 1 aromatic heterocycles. The molecule has 1 amide bonds. The minimum atomic E-state index is -1.14. The van der Waals surface area contributed by atoms with Crippen molar-refractivity contribution in [3.63, 3.8) is 0 Å². The van der Waals surface area contributed by atoms with Crippen LogP contribution in [0.2, 0.25) is 0 Å². The predicted octanol–water partition coefficient (Wildman–Crippen LogP) is 1.43. The number of nitrogens with zero attached hydrogens (tertiary/aromatic N) is 2. The zero-order valence-electron chi connectivity index (χ0n) is 11.2. The lowest BCUT2D eigenvalue weighted by atomic mass is 9.87. The number of hydrogen-bond acceptors (Lipinski definition) is 3. The van der Waals surface area contributed by atoms with Crippen LogP contribution in [0.4, 0.5) is 0 Å². The van der Waals surface area contributed by atoms with E-state index in [-0.39, 0.29) is 23.2 Å². The molecule has 104 valence electrons. The van der Waals surface area contributed by atoms with Crippen LogP contribution < -0.4 is 5.32 Å². The van der Waals surface area contributed by atoms with Crippen molar-refractivity contribution in [3.05, 3.63) is 17.5 Å². The van der Waals surface area contributed by atoms with Crippen molar-refractivity contribution < 1.29 is 14.7 Å². The molecule has 0 aliphatic heterocycles. The lowest BCUT2D eigenvalue weighted by Gasteiger charge is -2.26. The van der Waals surface area contributed by atoms with Gasteiger partial charge in [0.25, 0.3) is 5.91 Å². The zero-order valence-corrected chi connectivity index (χ0v) is 11.2. The minimum Gasteiger partial charge on any atom is -0.477 e. The first-order valence-electron chi connectivity index (χ1n) is 6.55. The maximum Gasteiger partial charge on any atom is 0.354 e. The molecule has 19 heavy (non-hydrogen) atoms. The molecular formula is C13H19N3O3. The molecule has 2 rings (SSSR count). The van der Waals surface area contributed by atoms with Crippen LogP contribution in [0.1, 0.15) is 53.5 Å². The van der Waals surface area contributed by atoms with E-state index in [1.54, 1.807) is 0 Å². The monoisotopic (exact) mass is 265 g/mol. The number of amides is 1. The summed E-state index contributed by atoms with van der Waals surface area (Å²) >= 11 is 0. The van der Waals surface area contributed by atoms with Gasteiger partial charge in [0, 0.05) is 13.1 Å². The van der Waals surface area contributed by atoms with Gasteiger partial charge in [0.1, 0.15) is 0 Å². The molecule has 0 atom stereocenters. The number of hydrogen-bond donors (Lipinski definition) is 2. The van der Waals surface area contributed by atoms with Crippen molar-refractivity contribution in [2.24, 2.45) is 13.0 Å². The van der Waals surface area contributed by atoms with E-state index in [0.717, 1.165) is 25.7 Å². The van der Waals surface area contributed by atoms with Crippen LogP contribution in [0.25, 0.3) is 0 Å². The van der Waals surface area contributed by atoms with Gasteiger partial charge in [0.15, 0.2) is 5.69 Å². The zero-order chi connectivity index (χ0) is 14.0. The van der Waals surface area contributed by atoms with Crippen LogP contribution in [-0.4, -0.2) is 32.8 Å². The fourth-order valence-corrected chi connectivity index (χ4v) is 2.52. The lowest BCUT2D eigenvalue weighted by Crippen LogP contribution is -2.37. The first-order chi connectivity index (χ1) is 8.99. The van der Waals surface area contributed by atoms with Gasteiger partial charge in [-0.1, -0.05) is 6.92 Å². The maximum absolute atomic E-state index is 12.1. The first-order valence-corrected chi connectivity index (χ1v) is 6.55. The molecule has 2 N–H and O–H groups in total. The summed E-state index contributed by atoms with van der Waals surface area (Å²) in [5.41, 5.74) is 0.0651. The Bertz CT molecular complexity index is 487. The average Bonchev–Trinajstić information content (AvgIpc) is 2.74. The molecule has 1 saturated carbocycles. The highest BCUT2D eigenvalue weighted by Gasteiger charge is 2.25. The highest BCUT2D eigenvalue weighted by Crippen LogP contribution is 2.23. The van der Waals surface area contributed by atoms with E-state index in [4.69, 9.17) is 5.11 Å². The number of rotatable bonds is 3. The van der Waals surface area contributed by atoms with Gasteiger partial charge in [-0.3, -0.25) is 9.48 Å². The van der Waals surface area contributed by atoms with Gasteiger partial charge in [0.05, 0.1) is 11.8 Å². The third-order valence-corrected chi connectivity index (χ3v) is 3.74. The summed E-state index contributed by atoms with van der Waals surface area (Å²) in [6.45, 7) is 2.21. The van der Waals surface area contributed by atoms with Crippen LogP contribution in [0.3, 0.4) is 0 Å². The van der Waals surface area contributed by atoms with E-state index in [9.17, 15) is 9.59 Å². The number of carbonyl (C=O) groups is 2. The number of carboxylic acids is 1. The summed E-state index contributed by atoms with van der Waals surface area (Å²) in [6, 6.07) is 0.144. The lowest BCUT2D eigenvalue weighted by molar-refractivity contribution is 0.0678. The van der Waals surface area contributed by atoms with Crippen LogP contribution in [-0.2, 0) is 7.05 Å². The van der Waals surface area contributed by atoms with Crippen LogP contribution >= 0.6 is 0 Å². The highest BCUT2D eigenvalue weighted by atomic mass is 16.4. The van der Waals surface area contributed by atoms with E-state index >= 15 is 0 Å². The number of aromatic carboxylic acids is 1. The molecule has 1 aromatic rings. The highest BCUT2D eigenvalue weighted by molar-refractivity contribution is 6.03. The van der Waals surface area contributed by atoms with Crippen LogP contribution in [0.15, 0.2) is 6.20 Å². The van der Waals surface area contributed by atoms with Crippen LogP contribution in [0, 0.1) is 5.92 Å². The molecule has 1 heterocycles. The second-order valence-corrected chi connectivity index (χ2v) is 5.27. The topological polar surface area (TPSA) is 84.2 Å². The molecule has 0 bridgehead atoms.